The summed E-state index contributed by atoms with van der Waals surface area (Å²) in [5.74, 6) is -0.304. The summed E-state index contributed by atoms with van der Waals surface area (Å²) in [6.07, 6.45) is 0. The van der Waals surface area contributed by atoms with Crippen molar-refractivity contribution in [3.8, 4) is 5.75 Å². The van der Waals surface area contributed by atoms with E-state index < -0.39 is 20.9 Å². The Morgan fingerprint density at radius 1 is 0.968 bits per heavy atom. The van der Waals surface area contributed by atoms with Crippen molar-refractivity contribution in [3.63, 3.8) is 0 Å². The molecule has 0 radical (unpaired) electrons. The minimum Gasteiger partial charge on any atom is -0.494 e. The van der Waals surface area contributed by atoms with Gasteiger partial charge in [0.1, 0.15) is 5.75 Å². The van der Waals surface area contributed by atoms with Gasteiger partial charge in [0.05, 0.1) is 22.1 Å². The molecule has 0 atom stereocenters. The highest BCUT2D eigenvalue weighted by Crippen LogP contribution is 2.28. The van der Waals surface area contributed by atoms with Crippen LogP contribution in [-0.2, 0) is 10.0 Å². The van der Waals surface area contributed by atoms with Crippen LogP contribution in [0.3, 0.4) is 0 Å². The van der Waals surface area contributed by atoms with E-state index in [2.05, 4.69) is 0 Å². The smallest absolute Gasteiger partial charge is 0.272 e. The first-order valence-corrected chi connectivity index (χ1v) is 10.8. The Balaban J connectivity index is 2.10. The molecule has 0 unspecified atom stereocenters. The monoisotopic (exact) mass is 440 g/mol. The van der Waals surface area contributed by atoms with Crippen molar-refractivity contribution < 1.29 is 22.9 Å². The van der Waals surface area contributed by atoms with Gasteiger partial charge in [-0.2, -0.15) is 4.31 Å². The molecule has 0 aliphatic rings. The quantitative estimate of drug-likeness (QED) is 0.400. The van der Waals surface area contributed by atoms with Gasteiger partial charge in [-0.3, -0.25) is 14.9 Å². The highest BCUT2D eigenvalue weighted by Gasteiger charge is 2.32. The number of aryl methyl sites for hydroxylation is 1. The highest BCUT2D eigenvalue weighted by molar-refractivity contribution is 7.93. The molecule has 0 aliphatic carbocycles. The van der Waals surface area contributed by atoms with Crippen LogP contribution in [-0.4, -0.2) is 25.9 Å². The lowest BCUT2D eigenvalue weighted by atomic mass is 10.2. The van der Waals surface area contributed by atoms with Crippen molar-refractivity contribution in [1.82, 2.24) is 0 Å². The fraction of sp³-hybridized carbons (Fsp3) is 0.136. The molecule has 0 spiro atoms. The van der Waals surface area contributed by atoms with E-state index in [1.165, 1.54) is 36.4 Å². The second kappa shape index (κ2) is 8.97. The lowest BCUT2D eigenvalue weighted by molar-refractivity contribution is -0.384. The van der Waals surface area contributed by atoms with Gasteiger partial charge in [-0.15, -0.1) is 0 Å². The second-order valence-corrected chi connectivity index (χ2v) is 8.41. The summed E-state index contributed by atoms with van der Waals surface area (Å²) >= 11 is 0. The van der Waals surface area contributed by atoms with Crippen LogP contribution in [0.2, 0.25) is 0 Å². The van der Waals surface area contributed by atoms with Gasteiger partial charge in [0, 0.05) is 17.7 Å². The third-order valence-electron chi connectivity index (χ3n) is 4.45. The Morgan fingerprint density at radius 3 is 2.06 bits per heavy atom. The summed E-state index contributed by atoms with van der Waals surface area (Å²) < 4.78 is 32.9. The largest absolute Gasteiger partial charge is 0.494 e. The highest BCUT2D eigenvalue weighted by atomic mass is 32.2. The van der Waals surface area contributed by atoms with E-state index in [1.807, 2.05) is 13.8 Å². The van der Waals surface area contributed by atoms with Gasteiger partial charge in [0.15, 0.2) is 0 Å². The van der Waals surface area contributed by atoms with E-state index in [4.69, 9.17) is 4.74 Å². The summed E-state index contributed by atoms with van der Waals surface area (Å²) in [7, 11) is -4.26. The van der Waals surface area contributed by atoms with Crippen molar-refractivity contribution in [3.05, 3.63) is 94.0 Å². The van der Waals surface area contributed by atoms with Crippen LogP contribution in [0.4, 0.5) is 11.4 Å². The SMILES string of the molecule is CCOc1ccc(N(C(=O)c2ccc([N+](=O)[O-])cc2)S(=O)(=O)c2ccc(C)cc2)cc1. The van der Waals surface area contributed by atoms with Gasteiger partial charge >= 0.3 is 0 Å². The molecule has 0 saturated heterocycles. The molecule has 9 heteroatoms. The first-order valence-electron chi connectivity index (χ1n) is 9.37. The van der Waals surface area contributed by atoms with Crippen LogP contribution in [0.15, 0.2) is 77.7 Å². The minimum absolute atomic E-state index is 0.00447. The van der Waals surface area contributed by atoms with Crippen LogP contribution >= 0.6 is 0 Å². The standard InChI is InChI=1S/C22H20N2O6S/c1-3-30-20-12-10-18(11-13-20)23(31(28,29)21-14-4-16(2)5-15-21)22(25)17-6-8-19(9-7-17)24(26)27/h4-15H,3H2,1-2H3. The third-order valence-corrected chi connectivity index (χ3v) is 6.18. The van der Waals surface area contributed by atoms with Gasteiger partial charge in [-0.1, -0.05) is 17.7 Å². The molecule has 0 saturated carbocycles. The lowest BCUT2D eigenvalue weighted by Crippen LogP contribution is -2.37. The van der Waals surface area contributed by atoms with Gasteiger partial charge in [-0.25, -0.2) is 8.42 Å². The molecular formula is C22H20N2O6S. The van der Waals surface area contributed by atoms with Gasteiger partial charge < -0.3 is 4.74 Å². The Morgan fingerprint density at radius 2 is 1.55 bits per heavy atom. The number of non-ortho nitro benzene ring substituents is 1. The molecule has 1 amide bonds. The summed E-state index contributed by atoms with van der Waals surface area (Å²) in [6, 6.07) is 17.0. The lowest BCUT2D eigenvalue weighted by Gasteiger charge is -2.23. The number of hydrogen-bond acceptors (Lipinski definition) is 6. The predicted molar refractivity (Wildman–Crippen MR) is 116 cm³/mol. The Labute approximate surface area is 179 Å². The number of rotatable bonds is 7. The number of hydrogen-bond donors (Lipinski definition) is 0. The number of ether oxygens (including phenoxy) is 1. The zero-order chi connectivity index (χ0) is 22.6. The summed E-state index contributed by atoms with van der Waals surface area (Å²) in [5.41, 5.74) is 0.779. The maximum atomic E-state index is 13.4. The van der Waals surface area contributed by atoms with E-state index in [-0.39, 0.29) is 21.8 Å². The first kappa shape index (κ1) is 22.0. The predicted octanol–water partition coefficient (Wildman–Crippen LogP) is 4.34. The van der Waals surface area contributed by atoms with Crippen LogP contribution in [0.5, 0.6) is 5.75 Å². The number of carbonyl (C=O) groups is 1. The molecule has 0 bridgehead atoms. The van der Waals surface area contributed by atoms with Crippen molar-refractivity contribution in [2.24, 2.45) is 0 Å². The van der Waals surface area contributed by atoms with Crippen molar-refractivity contribution in [2.45, 2.75) is 18.7 Å². The molecule has 3 rings (SSSR count). The maximum absolute atomic E-state index is 13.4. The van der Waals surface area contributed by atoms with E-state index in [9.17, 15) is 23.3 Å². The van der Waals surface area contributed by atoms with Crippen LogP contribution in [0.1, 0.15) is 22.8 Å². The number of sulfonamides is 1. The second-order valence-electron chi connectivity index (χ2n) is 6.62. The number of benzene rings is 3. The average molecular weight is 440 g/mol. The van der Waals surface area contributed by atoms with Crippen LogP contribution < -0.4 is 9.04 Å². The summed E-state index contributed by atoms with van der Waals surface area (Å²) in [6.45, 7) is 4.08. The molecular weight excluding hydrogens is 420 g/mol. The van der Waals surface area contributed by atoms with Crippen LogP contribution in [0.25, 0.3) is 0 Å². The number of amides is 1. The fourth-order valence-electron chi connectivity index (χ4n) is 2.87. The van der Waals surface area contributed by atoms with E-state index >= 15 is 0 Å². The van der Waals surface area contributed by atoms with E-state index in [0.717, 1.165) is 17.7 Å². The van der Waals surface area contributed by atoms with E-state index in [0.29, 0.717) is 16.7 Å². The van der Waals surface area contributed by atoms with Gasteiger partial charge in [0.25, 0.3) is 21.6 Å². The number of nitrogens with zero attached hydrogens (tertiary/aromatic N) is 2. The summed E-state index contributed by atoms with van der Waals surface area (Å²) in [4.78, 5) is 23.5. The maximum Gasteiger partial charge on any atom is 0.272 e. The van der Waals surface area contributed by atoms with E-state index in [1.54, 1.807) is 24.3 Å². The third kappa shape index (κ3) is 4.72. The molecule has 0 aromatic heterocycles. The number of anilines is 1. The van der Waals surface area contributed by atoms with Crippen LogP contribution in [0, 0.1) is 17.0 Å². The molecule has 0 N–H and O–H groups in total. The van der Waals surface area contributed by atoms with Crippen molar-refractivity contribution in [2.75, 3.05) is 10.9 Å². The molecule has 160 valence electrons. The zero-order valence-electron chi connectivity index (χ0n) is 16.9. The van der Waals surface area contributed by atoms with Gasteiger partial charge in [-0.05, 0) is 62.4 Å². The van der Waals surface area contributed by atoms with Crippen molar-refractivity contribution in [1.29, 1.82) is 0 Å². The molecule has 3 aromatic carbocycles. The number of nitro groups is 1. The zero-order valence-corrected chi connectivity index (χ0v) is 17.7. The fourth-order valence-corrected chi connectivity index (χ4v) is 4.28. The number of carbonyl (C=O) groups excluding carboxylic acids is 1. The average Bonchev–Trinajstić information content (AvgIpc) is 2.75. The topological polar surface area (TPSA) is 107 Å². The Bertz CT molecular complexity index is 1190. The van der Waals surface area contributed by atoms with Gasteiger partial charge in [0.2, 0.25) is 0 Å². The minimum atomic E-state index is -4.26. The molecule has 8 nitrogen and oxygen atoms in total. The molecule has 0 aliphatic heterocycles. The summed E-state index contributed by atoms with van der Waals surface area (Å²) in [5, 5.41) is 10.9. The first-order chi connectivity index (χ1) is 14.7. The normalized spacial score (nSPS) is 11.0. The number of nitro benzene ring substituents is 1. The van der Waals surface area contributed by atoms with Crippen molar-refractivity contribution >= 4 is 27.3 Å². The molecule has 31 heavy (non-hydrogen) atoms. The molecule has 0 fully saturated rings. The molecule has 3 aromatic rings. The Hall–Kier alpha value is -3.72. The Kier molecular flexibility index (Phi) is 6.36. The molecule has 0 heterocycles.